The first kappa shape index (κ1) is 9.09. The molecule has 1 heterocycles. The molecule has 0 aromatic rings. The highest BCUT2D eigenvalue weighted by Gasteiger charge is 1.96. The van der Waals surface area contributed by atoms with Crippen LogP contribution < -0.4 is 0 Å². The van der Waals surface area contributed by atoms with E-state index in [2.05, 4.69) is 44.4 Å². The van der Waals surface area contributed by atoms with E-state index in [0.717, 1.165) is 15.0 Å². The molecule has 0 saturated carbocycles. The van der Waals surface area contributed by atoms with Crippen LogP contribution in [0.1, 0.15) is 20.3 Å². The summed E-state index contributed by atoms with van der Waals surface area (Å²) in [6.45, 7) is 4.28. The lowest BCUT2D eigenvalue weighted by atomic mass is 10.2. The Balaban J connectivity index is 2.85. The van der Waals surface area contributed by atoms with Crippen molar-refractivity contribution in [3.63, 3.8) is 0 Å². The summed E-state index contributed by atoms with van der Waals surface area (Å²) in [6, 6.07) is 0. The Morgan fingerprint density at radius 1 is 1.45 bits per heavy atom. The van der Waals surface area contributed by atoms with Gasteiger partial charge in [0, 0.05) is 0 Å². The zero-order valence-electron chi connectivity index (χ0n) is 6.89. The molecule has 0 N–H and O–H groups in total. The second kappa shape index (κ2) is 4.13. The second-order valence-electron chi connectivity index (χ2n) is 2.70. The van der Waals surface area contributed by atoms with E-state index in [0.29, 0.717) is 0 Å². The normalized spacial score (nSPS) is 35.7. The molecule has 11 heavy (non-hydrogen) atoms. The zero-order chi connectivity index (χ0) is 8.27. The van der Waals surface area contributed by atoms with Crippen LogP contribution in [-0.4, -0.2) is 0 Å². The Morgan fingerprint density at radius 2 is 2.18 bits per heavy atom. The molecule has 1 aliphatic rings. The standard InChI is InChI=1S/C9H13PS/c1-7-5-6-10-8(2)3-4-9(7)11/h3,5-6,10-11H,4H2,1-2H3/b6-5-,8-3-,9-7+. The van der Waals surface area contributed by atoms with Crippen molar-refractivity contribution < 1.29 is 0 Å². The van der Waals surface area contributed by atoms with Crippen LogP contribution in [0, 0.1) is 0 Å². The van der Waals surface area contributed by atoms with Crippen molar-refractivity contribution in [1.82, 2.24) is 0 Å². The molecule has 0 amide bonds. The molecule has 0 fully saturated rings. The van der Waals surface area contributed by atoms with Crippen molar-refractivity contribution in [3.05, 3.63) is 33.8 Å². The molecule has 0 nitrogen and oxygen atoms in total. The minimum Gasteiger partial charge on any atom is -0.147 e. The molecule has 0 aromatic heterocycles. The van der Waals surface area contributed by atoms with E-state index in [1.165, 1.54) is 15.8 Å². The maximum absolute atomic E-state index is 4.40. The van der Waals surface area contributed by atoms with Gasteiger partial charge < -0.3 is 0 Å². The average molecular weight is 184 g/mol. The third-order valence-electron chi connectivity index (χ3n) is 1.70. The van der Waals surface area contributed by atoms with E-state index in [1.807, 2.05) is 0 Å². The third-order valence-corrected chi connectivity index (χ3v) is 3.23. The summed E-state index contributed by atoms with van der Waals surface area (Å²) in [5.41, 5.74) is 1.30. The minimum atomic E-state index is 0.852. The number of thiol groups is 1. The summed E-state index contributed by atoms with van der Waals surface area (Å²) < 4.78 is 0. The highest BCUT2D eigenvalue weighted by atomic mass is 32.1. The summed E-state index contributed by atoms with van der Waals surface area (Å²) >= 11 is 4.40. The van der Waals surface area contributed by atoms with Gasteiger partial charge in [-0.05, 0) is 30.7 Å². The fourth-order valence-electron chi connectivity index (χ4n) is 0.864. The predicted molar refractivity (Wildman–Crippen MR) is 57.5 cm³/mol. The highest BCUT2D eigenvalue weighted by Crippen LogP contribution is 2.29. The summed E-state index contributed by atoms with van der Waals surface area (Å²) in [5, 5.41) is 1.46. The van der Waals surface area contributed by atoms with Gasteiger partial charge >= 0.3 is 0 Å². The molecular weight excluding hydrogens is 171 g/mol. The predicted octanol–water partition coefficient (Wildman–Crippen LogP) is 3.69. The number of allylic oxidation sites excluding steroid dienone is 5. The molecule has 1 aliphatic heterocycles. The molecular formula is C9H13PS. The monoisotopic (exact) mass is 184 g/mol. The van der Waals surface area contributed by atoms with E-state index < -0.39 is 0 Å². The fourth-order valence-corrected chi connectivity index (χ4v) is 1.85. The largest absolute Gasteiger partial charge is 0.147 e. The number of hydrogen-bond acceptors (Lipinski definition) is 1. The highest BCUT2D eigenvalue weighted by molar-refractivity contribution is 7.84. The van der Waals surface area contributed by atoms with Gasteiger partial charge in [0.1, 0.15) is 0 Å². The smallest absolute Gasteiger partial charge is 0.00311 e. The Hall–Kier alpha value is -0.0000000000000000555. The summed E-state index contributed by atoms with van der Waals surface area (Å²) in [4.78, 5) is 1.19. The Morgan fingerprint density at radius 3 is 2.91 bits per heavy atom. The van der Waals surface area contributed by atoms with Crippen LogP contribution in [-0.2, 0) is 0 Å². The fraction of sp³-hybridized carbons (Fsp3) is 0.333. The SMILES string of the molecule is C/C1=C/C/C(S)=C(C)\C=C/P1. The topological polar surface area (TPSA) is 0 Å². The molecule has 1 unspecified atom stereocenters. The quantitative estimate of drug-likeness (QED) is 0.431. The Kier molecular flexibility index (Phi) is 3.42. The van der Waals surface area contributed by atoms with Gasteiger partial charge in [-0.3, -0.25) is 0 Å². The van der Waals surface area contributed by atoms with E-state index in [-0.39, 0.29) is 0 Å². The van der Waals surface area contributed by atoms with Crippen molar-refractivity contribution in [3.8, 4) is 0 Å². The van der Waals surface area contributed by atoms with Crippen LogP contribution in [0.2, 0.25) is 0 Å². The van der Waals surface area contributed by atoms with Crippen molar-refractivity contribution in [2.24, 2.45) is 0 Å². The Bertz CT molecular complexity index is 236. The van der Waals surface area contributed by atoms with Gasteiger partial charge in [-0.2, -0.15) is 0 Å². The van der Waals surface area contributed by atoms with Gasteiger partial charge in [-0.25, -0.2) is 0 Å². The van der Waals surface area contributed by atoms with Crippen molar-refractivity contribution >= 4 is 21.2 Å². The molecule has 0 aromatic carbocycles. The summed E-state index contributed by atoms with van der Waals surface area (Å²) in [7, 11) is 0.852. The molecule has 2 heteroatoms. The molecule has 0 bridgehead atoms. The average Bonchev–Trinajstić information content (AvgIpc) is 1.98. The lowest BCUT2D eigenvalue weighted by Gasteiger charge is -2.04. The summed E-state index contributed by atoms with van der Waals surface area (Å²) in [6.07, 6.45) is 5.42. The maximum atomic E-state index is 4.40. The maximum Gasteiger partial charge on any atom is -0.00311 e. The van der Waals surface area contributed by atoms with Crippen LogP contribution in [0.15, 0.2) is 33.8 Å². The second-order valence-corrected chi connectivity index (χ2v) is 4.65. The number of hydrogen-bond donors (Lipinski definition) is 1. The third kappa shape index (κ3) is 2.84. The molecule has 1 rings (SSSR count). The first-order valence-corrected chi connectivity index (χ1v) is 5.21. The van der Waals surface area contributed by atoms with Gasteiger partial charge in [-0.15, -0.1) is 12.6 Å². The lowest BCUT2D eigenvalue weighted by molar-refractivity contribution is 1.28. The van der Waals surface area contributed by atoms with E-state index in [4.69, 9.17) is 0 Å². The molecule has 0 radical (unpaired) electrons. The van der Waals surface area contributed by atoms with Gasteiger partial charge in [0.2, 0.25) is 0 Å². The Labute approximate surface area is 75.7 Å². The van der Waals surface area contributed by atoms with Gasteiger partial charge in [-0.1, -0.05) is 31.9 Å². The van der Waals surface area contributed by atoms with Crippen LogP contribution in [0.4, 0.5) is 0 Å². The van der Waals surface area contributed by atoms with E-state index >= 15 is 0 Å². The molecule has 60 valence electrons. The molecule has 0 saturated heterocycles. The van der Waals surface area contributed by atoms with Gasteiger partial charge in [0.15, 0.2) is 0 Å². The van der Waals surface area contributed by atoms with Gasteiger partial charge in [0.05, 0.1) is 0 Å². The molecule has 1 atom stereocenters. The van der Waals surface area contributed by atoms with Crippen LogP contribution in [0.5, 0.6) is 0 Å². The van der Waals surface area contributed by atoms with E-state index in [1.54, 1.807) is 0 Å². The lowest BCUT2D eigenvalue weighted by Crippen LogP contribution is -1.79. The molecule has 0 spiro atoms. The van der Waals surface area contributed by atoms with Crippen molar-refractivity contribution in [2.45, 2.75) is 20.3 Å². The summed E-state index contributed by atoms with van der Waals surface area (Å²) in [5.74, 6) is 2.22. The van der Waals surface area contributed by atoms with Crippen LogP contribution >= 0.6 is 21.2 Å². The van der Waals surface area contributed by atoms with Gasteiger partial charge in [0.25, 0.3) is 0 Å². The first-order chi connectivity index (χ1) is 5.20. The van der Waals surface area contributed by atoms with E-state index in [9.17, 15) is 0 Å². The van der Waals surface area contributed by atoms with Crippen LogP contribution in [0.3, 0.4) is 0 Å². The number of rotatable bonds is 0. The zero-order valence-corrected chi connectivity index (χ0v) is 8.78. The minimum absolute atomic E-state index is 0.852. The van der Waals surface area contributed by atoms with Crippen molar-refractivity contribution in [1.29, 1.82) is 0 Å². The van der Waals surface area contributed by atoms with Crippen molar-refractivity contribution in [2.75, 3.05) is 0 Å². The molecule has 0 aliphatic carbocycles. The van der Waals surface area contributed by atoms with Crippen LogP contribution in [0.25, 0.3) is 0 Å². The first-order valence-electron chi connectivity index (χ1n) is 3.68.